The summed E-state index contributed by atoms with van der Waals surface area (Å²) in [6.07, 6.45) is 0. The standard InChI is InChI=1S/C17H17FO4/c1-11(19)16-15(21-3)9-8-14(18)17(16)22-10-12-4-6-13(20-2)7-5-12/h4-9H,10H2,1-3H3. The third-order valence-electron chi connectivity index (χ3n) is 3.19. The summed E-state index contributed by atoms with van der Waals surface area (Å²) in [5.74, 6) is 0.00243. The lowest BCUT2D eigenvalue weighted by molar-refractivity contribution is 0.100. The summed E-state index contributed by atoms with van der Waals surface area (Å²) in [6, 6.07) is 9.81. The monoisotopic (exact) mass is 304 g/mol. The van der Waals surface area contributed by atoms with Crippen LogP contribution < -0.4 is 14.2 Å². The van der Waals surface area contributed by atoms with E-state index in [1.165, 1.54) is 26.2 Å². The summed E-state index contributed by atoms with van der Waals surface area (Å²) in [6.45, 7) is 1.48. The van der Waals surface area contributed by atoms with E-state index in [4.69, 9.17) is 14.2 Å². The van der Waals surface area contributed by atoms with Crippen molar-refractivity contribution >= 4 is 5.78 Å². The maximum atomic E-state index is 14.0. The van der Waals surface area contributed by atoms with E-state index in [2.05, 4.69) is 0 Å². The van der Waals surface area contributed by atoms with Gasteiger partial charge in [-0.3, -0.25) is 4.79 Å². The molecule has 0 saturated carbocycles. The van der Waals surface area contributed by atoms with Gasteiger partial charge in [-0.1, -0.05) is 12.1 Å². The molecule has 0 radical (unpaired) electrons. The normalized spacial score (nSPS) is 10.2. The van der Waals surface area contributed by atoms with Crippen molar-refractivity contribution in [2.24, 2.45) is 0 Å². The summed E-state index contributed by atoms with van der Waals surface area (Å²) in [7, 11) is 3.00. The van der Waals surface area contributed by atoms with Crippen LogP contribution in [0, 0.1) is 5.82 Å². The Balaban J connectivity index is 2.26. The molecule has 0 N–H and O–H groups in total. The number of methoxy groups -OCH3 is 2. The SMILES string of the molecule is COc1ccc(COc2c(F)ccc(OC)c2C(C)=O)cc1. The molecule has 0 unspecified atom stereocenters. The summed E-state index contributed by atoms with van der Waals surface area (Å²) in [5.41, 5.74) is 0.938. The lowest BCUT2D eigenvalue weighted by atomic mass is 10.1. The van der Waals surface area contributed by atoms with Crippen LogP contribution in [0.5, 0.6) is 17.2 Å². The zero-order valence-electron chi connectivity index (χ0n) is 12.7. The Morgan fingerprint density at radius 2 is 1.73 bits per heavy atom. The van der Waals surface area contributed by atoms with E-state index in [-0.39, 0.29) is 23.7 Å². The third-order valence-corrected chi connectivity index (χ3v) is 3.19. The maximum absolute atomic E-state index is 14.0. The van der Waals surface area contributed by atoms with Crippen LogP contribution in [0.3, 0.4) is 0 Å². The molecule has 0 amide bonds. The first-order valence-corrected chi connectivity index (χ1v) is 6.70. The first-order valence-electron chi connectivity index (χ1n) is 6.70. The number of rotatable bonds is 6. The minimum atomic E-state index is -0.598. The lowest BCUT2D eigenvalue weighted by Gasteiger charge is -2.14. The zero-order chi connectivity index (χ0) is 16.1. The first kappa shape index (κ1) is 15.8. The predicted molar refractivity (Wildman–Crippen MR) is 80.3 cm³/mol. The minimum absolute atomic E-state index is 0.0948. The molecule has 2 aromatic carbocycles. The molecule has 0 atom stereocenters. The highest BCUT2D eigenvalue weighted by molar-refractivity contribution is 5.99. The Labute approximate surface area is 128 Å². The van der Waals surface area contributed by atoms with Crippen molar-refractivity contribution in [2.45, 2.75) is 13.5 Å². The van der Waals surface area contributed by atoms with Crippen molar-refractivity contribution in [1.82, 2.24) is 0 Å². The van der Waals surface area contributed by atoms with Gasteiger partial charge in [0, 0.05) is 0 Å². The summed E-state index contributed by atoms with van der Waals surface area (Å²) >= 11 is 0. The van der Waals surface area contributed by atoms with Gasteiger partial charge in [-0.25, -0.2) is 4.39 Å². The molecule has 0 aliphatic carbocycles. The second-order valence-corrected chi connectivity index (χ2v) is 4.65. The Kier molecular flexibility index (Phi) is 4.99. The molecule has 0 aromatic heterocycles. The van der Waals surface area contributed by atoms with Gasteiger partial charge in [0.05, 0.1) is 14.2 Å². The first-order chi connectivity index (χ1) is 10.6. The fourth-order valence-corrected chi connectivity index (χ4v) is 2.06. The van der Waals surface area contributed by atoms with E-state index in [0.29, 0.717) is 5.75 Å². The van der Waals surface area contributed by atoms with E-state index < -0.39 is 5.82 Å². The van der Waals surface area contributed by atoms with Gasteiger partial charge in [-0.05, 0) is 36.8 Å². The van der Waals surface area contributed by atoms with Gasteiger partial charge in [0.15, 0.2) is 17.3 Å². The van der Waals surface area contributed by atoms with Gasteiger partial charge in [0.1, 0.15) is 23.7 Å². The molecule has 22 heavy (non-hydrogen) atoms. The van der Waals surface area contributed by atoms with Crippen molar-refractivity contribution in [3.8, 4) is 17.2 Å². The molecule has 5 heteroatoms. The smallest absolute Gasteiger partial charge is 0.169 e. The number of hydrogen-bond acceptors (Lipinski definition) is 4. The second-order valence-electron chi connectivity index (χ2n) is 4.65. The Morgan fingerprint density at radius 1 is 1.05 bits per heavy atom. The van der Waals surface area contributed by atoms with E-state index in [9.17, 15) is 9.18 Å². The summed E-state index contributed by atoms with van der Waals surface area (Å²) in [4.78, 5) is 11.7. The topological polar surface area (TPSA) is 44.8 Å². The second kappa shape index (κ2) is 6.93. The number of carbonyl (C=O) groups excluding carboxylic acids is 1. The molecule has 0 spiro atoms. The van der Waals surface area contributed by atoms with Gasteiger partial charge in [0.2, 0.25) is 0 Å². The molecule has 2 rings (SSSR count). The van der Waals surface area contributed by atoms with Crippen molar-refractivity contribution in [1.29, 1.82) is 0 Å². The highest BCUT2D eigenvalue weighted by atomic mass is 19.1. The van der Waals surface area contributed by atoms with E-state index >= 15 is 0 Å². The number of ketones is 1. The van der Waals surface area contributed by atoms with Crippen LogP contribution in [0.2, 0.25) is 0 Å². The largest absolute Gasteiger partial charge is 0.497 e. The van der Waals surface area contributed by atoms with E-state index in [1.54, 1.807) is 19.2 Å². The van der Waals surface area contributed by atoms with Gasteiger partial charge in [-0.2, -0.15) is 0 Å². The quantitative estimate of drug-likeness (QED) is 0.765. The van der Waals surface area contributed by atoms with Crippen LogP contribution in [0.15, 0.2) is 36.4 Å². The fraction of sp³-hybridized carbons (Fsp3) is 0.235. The van der Waals surface area contributed by atoms with Gasteiger partial charge < -0.3 is 14.2 Å². The van der Waals surface area contributed by atoms with E-state index in [0.717, 1.165) is 11.3 Å². The van der Waals surface area contributed by atoms with Gasteiger partial charge >= 0.3 is 0 Å². The summed E-state index contributed by atoms with van der Waals surface area (Å²) < 4.78 is 29.7. The molecule has 0 aliphatic heterocycles. The van der Waals surface area contributed by atoms with E-state index in [1.807, 2.05) is 12.1 Å². The number of benzene rings is 2. The van der Waals surface area contributed by atoms with Crippen LogP contribution >= 0.6 is 0 Å². The van der Waals surface area contributed by atoms with Crippen LogP contribution in [-0.2, 0) is 6.61 Å². The Bertz CT molecular complexity index is 665. The van der Waals surface area contributed by atoms with Crippen LogP contribution in [0.25, 0.3) is 0 Å². The molecule has 0 fully saturated rings. The third kappa shape index (κ3) is 3.36. The molecule has 116 valence electrons. The predicted octanol–water partition coefficient (Wildman–Crippen LogP) is 3.62. The Hall–Kier alpha value is -2.56. The maximum Gasteiger partial charge on any atom is 0.169 e. The van der Waals surface area contributed by atoms with Crippen molar-refractivity contribution in [2.75, 3.05) is 14.2 Å². The fourth-order valence-electron chi connectivity index (χ4n) is 2.06. The highest BCUT2D eigenvalue weighted by Gasteiger charge is 2.19. The van der Waals surface area contributed by atoms with Gasteiger partial charge in [0.25, 0.3) is 0 Å². The molecule has 0 saturated heterocycles. The molecule has 0 heterocycles. The highest BCUT2D eigenvalue weighted by Crippen LogP contribution is 2.32. The molecular formula is C17H17FO4. The molecule has 0 bridgehead atoms. The lowest BCUT2D eigenvalue weighted by Crippen LogP contribution is -2.06. The summed E-state index contributed by atoms with van der Waals surface area (Å²) in [5, 5.41) is 0. The molecule has 0 aliphatic rings. The zero-order valence-corrected chi connectivity index (χ0v) is 12.7. The number of Topliss-reactive ketones (excluding diaryl/α,β-unsaturated/α-hetero) is 1. The average Bonchev–Trinajstić information content (AvgIpc) is 2.53. The number of halogens is 1. The van der Waals surface area contributed by atoms with Crippen LogP contribution in [0.1, 0.15) is 22.8 Å². The van der Waals surface area contributed by atoms with Crippen molar-refractivity contribution < 1.29 is 23.4 Å². The Morgan fingerprint density at radius 3 is 2.27 bits per heavy atom. The number of carbonyl (C=O) groups is 1. The minimum Gasteiger partial charge on any atom is -0.497 e. The molecule has 2 aromatic rings. The molecule has 4 nitrogen and oxygen atoms in total. The molecular weight excluding hydrogens is 287 g/mol. The van der Waals surface area contributed by atoms with Crippen molar-refractivity contribution in [3.05, 3.63) is 53.3 Å². The average molecular weight is 304 g/mol. The van der Waals surface area contributed by atoms with Crippen molar-refractivity contribution in [3.63, 3.8) is 0 Å². The van der Waals surface area contributed by atoms with Crippen LogP contribution in [-0.4, -0.2) is 20.0 Å². The van der Waals surface area contributed by atoms with Crippen LogP contribution in [0.4, 0.5) is 4.39 Å². The number of hydrogen-bond donors (Lipinski definition) is 0. The number of ether oxygens (including phenoxy) is 3. The van der Waals surface area contributed by atoms with Gasteiger partial charge in [-0.15, -0.1) is 0 Å².